The first-order chi connectivity index (χ1) is 7.22. The summed E-state index contributed by atoms with van der Waals surface area (Å²) in [5.41, 5.74) is 0. The molecule has 1 N–H and O–H groups in total. The summed E-state index contributed by atoms with van der Waals surface area (Å²) in [6.07, 6.45) is 9.35. The Morgan fingerprint density at radius 1 is 1.40 bits per heavy atom. The molecule has 0 aromatic heterocycles. The molecule has 15 heavy (non-hydrogen) atoms. The molecule has 0 bridgehead atoms. The SMILES string of the molecule is C#CC1CC(=O)N(C2CCCCC2O)C1. The molecule has 1 aliphatic heterocycles. The number of amides is 1. The van der Waals surface area contributed by atoms with Gasteiger partial charge in [-0.1, -0.05) is 12.8 Å². The Balaban J connectivity index is 2.04. The van der Waals surface area contributed by atoms with Crippen LogP contribution in [0.25, 0.3) is 0 Å². The molecule has 3 heteroatoms. The maximum atomic E-state index is 11.7. The van der Waals surface area contributed by atoms with Crippen molar-refractivity contribution in [1.82, 2.24) is 4.90 Å². The van der Waals surface area contributed by atoms with Gasteiger partial charge >= 0.3 is 0 Å². The molecule has 3 unspecified atom stereocenters. The van der Waals surface area contributed by atoms with Crippen molar-refractivity contribution >= 4 is 5.91 Å². The molecule has 1 amide bonds. The molecule has 0 radical (unpaired) electrons. The molecule has 2 aliphatic rings. The Kier molecular flexibility index (Phi) is 2.97. The van der Waals surface area contributed by atoms with E-state index in [1.807, 2.05) is 0 Å². The van der Waals surface area contributed by atoms with Crippen molar-refractivity contribution < 1.29 is 9.90 Å². The average molecular weight is 207 g/mol. The van der Waals surface area contributed by atoms with Crippen LogP contribution in [0.1, 0.15) is 32.1 Å². The van der Waals surface area contributed by atoms with E-state index in [4.69, 9.17) is 6.42 Å². The molecular weight excluding hydrogens is 190 g/mol. The van der Waals surface area contributed by atoms with Crippen LogP contribution in [-0.4, -0.2) is 34.6 Å². The van der Waals surface area contributed by atoms with Crippen LogP contribution in [0.4, 0.5) is 0 Å². The number of carbonyl (C=O) groups is 1. The minimum atomic E-state index is -0.348. The molecule has 3 atom stereocenters. The molecule has 82 valence electrons. The second-order valence-electron chi connectivity index (χ2n) is 4.53. The second kappa shape index (κ2) is 4.24. The molecule has 1 aliphatic carbocycles. The van der Waals surface area contributed by atoms with E-state index in [9.17, 15) is 9.90 Å². The summed E-state index contributed by atoms with van der Waals surface area (Å²) in [4.78, 5) is 13.5. The van der Waals surface area contributed by atoms with Crippen LogP contribution in [0.15, 0.2) is 0 Å². The predicted octanol–water partition coefficient (Wildman–Crippen LogP) is 0.772. The lowest BCUT2D eigenvalue weighted by atomic mass is 9.91. The second-order valence-corrected chi connectivity index (χ2v) is 4.53. The minimum absolute atomic E-state index is 0.0181. The zero-order chi connectivity index (χ0) is 10.8. The highest BCUT2D eigenvalue weighted by molar-refractivity contribution is 5.79. The molecule has 3 nitrogen and oxygen atoms in total. The highest BCUT2D eigenvalue weighted by Gasteiger charge is 2.37. The largest absolute Gasteiger partial charge is 0.391 e. The molecule has 1 saturated heterocycles. The van der Waals surface area contributed by atoms with Crippen LogP contribution in [0.3, 0.4) is 0 Å². The van der Waals surface area contributed by atoms with Crippen LogP contribution in [0.2, 0.25) is 0 Å². The Bertz CT molecular complexity index is 294. The molecule has 0 aromatic rings. The van der Waals surface area contributed by atoms with Crippen molar-refractivity contribution in [2.75, 3.05) is 6.54 Å². The van der Waals surface area contributed by atoms with Crippen LogP contribution in [0, 0.1) is 18.3 Å². The fourth-order valence-corrected chi connectivity index (χ4v) is 2.62. The summed E-state index contributed by atoms with van der Waals surface area (Å²) >= 11 is 0. The van der Waals surface area contributed by atoms with E-state index >= 15 is 0 Å². The van der Waals surface area contributed by atoms with E-state index < -0.39 is 0 Å². The normalized spacial score (nSPS) is 36.7. The van der Waals surface area contributed by atoms with Crippen molar-refractivity contribution in [3.63, 3.8) is 0 Å². The maximum absolute atomic E-state index is 11.7. The standard InChI is InChI=1S/C12H17NO2/c1-2-9-7-12(15)13(8-9)10-5-3-4-6-11(10)14/h1,9-11,14H,3-8H2. The highest BCUT2D eigenvalue weighted by atomic mass is 16.3. The number of nitrogens with zero attached hydrogens (tertiary/aromatic N) is 1. The fourth-order valence-electron chi connectivity index (χ4n) is 2.62. The van der Waals surface area contributed by atoms with Crippen LogP contribution in [-0.2, 0) is 4.79 Å². The Labute approximate surface area is 90.5 Å². The summed E-state index contributed by atoms with van der Waals surface area (Å²) in [5.74, 6) is 2.80. The van der Waals surface area contributed by atoms with E-state index in [1.54, 1.807) is 4.90 Å². The van der Waals surface area contributed by atoms with Gasteiger partial charge in [0.25, 0.3) is 0 Å². The predicted molar refractivity (Wildman–Crippen MR) is 56.9 cm³/mol. The quantitative estimate of drug-likeness (QED) is 0.645. The number of hydrogen-bond donors (Lipinski definition) is 1. The number of terminal acetylenes is 1. The Hall–Kier alpha value is -1.01. The number of aliphatic hydroxyl groups excluding tert-OH is 1. The van der Waals surface area contributed by atoms with Crippen LogP contribution < -0.4 is 0 Å². The van der Waals surface area contributed by atoms with Gasteiger partial charge in [0.1, 0.15) is 0 Å². The Morgan fingerprint density at radius 3 is 2.73 bits per heavy atom. The van der Waals surface area contributed by atoms with E-state index in [0.717, 1.165) is 25.7 Å². The van der Waals surface area contributed by atoms with E-state index in [-0.39, 0.29) is 24.0 Å². The van der Waals surface area contributed by atoms with Gasteiger partial charge in [-0.25, -0.2) is 0 Å². The average Bonchev–Trinajstić information content (AvgIpc) is 2.60. The number of likely N-dealkylation sites (tertiary alicyclic amines) is 1. The molecule has 2 fully saturated rings. The third kappa shape index (κ3) is 2.00. The third-order valence-electron chi connectivity index (χ3n) is 3.49. The minimum Gasteiger partial charge on any atom is -0.391 e. The van der Waals surface area contributed by atoms with Gasteiger partial charge in [-0.3, -0.25) is 4.79 Å². The van der Waals surface area contributed by atoms with E-state index in [2.05, 4.69) is 5.92 Å². The topological polar surface area (TPSA) is 40.5 Å². The Morgan fingerprint density at radius 2 is 2.13 bits per heavy atom. The van der Waals surface area contributed by atoms with Gasteiger partial charge in [0.2, 0.25) is 5.91 Å². The molecular formula is C12H17NO2. The first-order valence-electron chi connectivity index (χ1n) is 5.66. The fraction of sp³-hybridized carbons (Fsp3) is 0.750. The lowest BCUT2D eigenvalue weighted by Gasteiger charge is -2.35. The number of carbonyl (C=O) groups excluding carboxylic acids is 1. The summed E-state index contributed by atoms with van der Waals surface area (Å²) < 4.78 is 0. The van der Waals surface area contributed by atoms with Crippen LogP contribution in [0.5, 0.6) is 0 Å². The third-order valence-corrected chi connectivity index (χ3v) is 3.49. The summed E-state index contributed by atoms with van der Waals surface area (Å²) in [5, 5.41) is 9.86. The molecule has 0 spiro atoms. The zero-order valence-electron chi connectivity index (χ0n) is 8.85. The summed E-state index contributed by atoms with van der Waals surface area (Å²) in [6.45, 7) is 0.636. The zero-order valence-corrected chi connectivity index (χ0v) is 8.85. The number of aliphatic hydroxyl groups is 1. The van der Waals surface area contributed by atoms with Crippen molar-refractivity contribution in [2.24, 2.45) is 5.92 Å². The van der Waals surface area contributed by atoms with Crippen molar-refractivity contribution in [1.29, 1.82) is 0 Å². The monoisotopic (exact) mass is 207 g/mol. The lowest BCUT2D eigenvalue weighted by molar-refractivity contribution is -0.133. The van der Waals surface area contributed by atoms with Crippen molar-refractivity contribution in [3.05, 3.63) is 0 Å². The van der Waals surface area contributed by atoms with E-state index in [0.29, 0.717) is 13.0 Å². The first kappa shape index (κ1) is 10.5. The van der Waals surface area contributed by atoms with Gasteiger partial charge < -0.3 is 10.0 Å². The maximum Gasteiger partial charge on any atom is 0.224 e. The first-order valence-corrected chi connectivity index (χ1v) is 5.66. The number of rotatable bonds is 1. The highest BCUT2D eigenvalue weighted by Crippen LogP contribution is 2.28. The molecule has 0 aromatic carbocycles. The van der Waals surface area contributed by atoms with Gasteiger partial charge in [0.05, 0.1) is 12.1 Å². The summed E-state index contributed by atoms with van der Waals surface area (Å²) in [7, 11) is 0. The van der Waals surface area contributed by atoms with Gasteiger partial charge in [0, 0.05) is 18.9 Å². The molecule has 1 heterocycles. The van der Waals surface area contributed by atoms with Crippen molar-refractivity contribution in [3.8, 4) is 12.3 Å². The molecule has 1 saturated carbocycles. The number of hydrogen-bond acceptors (Lipinski definition) is 2. The molecule has 2 rings (SSSR count). The van der Waals surface area contributed by atoms with Gasteiger partial charge in [-0.05, 0) is 12.8 Å². The van der Waals surface area contributed by atoms with Gasteiger partial charge in [-0.2, -0.15) is 0 Å². The van der Waals surface area contributed by atoms with E-state index in [1.165, 1.54) is 0 Å². The van der Waals surface area contributed by atoms with Gasteiger partial charge in [-0.15, -0.1) is 12.3 Å². The lowest BCUT2D eigenvalue weighted by Crippen LogP contribution is -2.46. The van der Waals surface area contributed by atoms with Crippen molar-refractivity contribution in [2.45, 2.75) is 44.2 Å². The van der Waals surface area contributed by atoms with Crippen LogP contribution >= 0.6 is 0 Å². The summed E-state index contributed by atoms with van der Waals surface area (Å²) in [6, 6.07) is 0.0181. The smallest absolute Gasteiger partial charge is 0.224 e. The van der Waals surface area contributed by atoms with Gasteiger partial charge in [0.15, 0.2) is 0 Å².